The molecule has 3 heterocycles. The normalized spacial score (nSPS) is 25.8. The van der Waals surface area contributed by atoms with Gasteiger partial charge in [0.05, 0.1) is 18.8 Å². The van der Waals surface area contributed by atoms with Crippen molar-refractivity contribution in [2.45, 2.75) is 33.0 Å². The van der Waals surface area contributed by atoms with Crippen LogP contribution in [0.25, 0.3) is 0 Å². The zero-order valence-corrected chi connectivity index (χ0v) is 14.8. The van der Waals surface area contributed by atoms with E-state index in [-0.39, 0.29) is 18.1 Å². The first kappa shape index (κ1) is 17.1. The minimum atomic E-state index is 0.119. The van der Waals surface area contributed by atoms with Crippen LogP contribution in [-0.4, -0.2) is 83.7 Å². The molecule has 7 heteroatoms. The molecule has 2 atom stereocenters. The molecule has 2 aliphatic heterocycles. The highest BCUT2D eigenvalue weighted by Gasteiger charge is 2.28. The van der Waals surface area contributed by atoms with Crippen LogP contribution in [0.2, 0.25) is 0 Å². The predicted octanol–water partition coefficient (Wildman–Crippen LogP) is 0.543. The van der Waals surface area contributed by atoms with Gasteiger partial charge in [0.2, 0.25) is 11.9 Å². The highest BCUT2D eigenvalue weighted by atomic mass is 16.5. The van der Waals surface area contributed by atoms with E-state index in [0.717, 1.165) is 37.8 Å². The van der Waals surface area contributed by atoms with Crippen molar-refractivity contribution >= 4 is 11.9 Å². The third kappa shape index (κ3) is 4.21. The van der Waals surface area contributed by atoms with E-state index in [0.29, 0.717) is 19.6 Å². The number of aryl methyl sites for hydroxylation is 1. The summed E-state index contributed by atoms with van der Waals surface area (Å²) in [5, 5.41) is 0. The number of aromatic nitrogens is 2. The van der Waals surface area contributed by atoms with Gasteiger partial charge in [-0.25, -0.2) is 9.97 Å². The van der Waals surface area contributed by atoms with E-state index < -0.39 is 0 Å². The van der Waals surface area contributed by atoms with Gasteiger partial charge in [0.1, 0.15) is 0 Å². The van der Waals surface area contributed by atoms with Crippen LogP contribution in [0.4, 0.5) is 5.95 Å². The summed E-state index contributed by atoms with van der Waals surface area (Å²) in [7, 11) is 0. The van der Waals surface area contributed by atoms with E-state index in [1.807, 2.05) is 31.7 Å². The monoisotopic (exact) mass is 333 g/mol. The fourth-order valence-electron chi connectivity index (χ4n) is 3.37. The molecule has 1 amide bonds. The maximum absolute atomic E-state index is 12.5. The van der Waals surface area contributed by atoms with Crippen LogP contribution in [0.1, 0.15) is 19.5 Å². The molecule has 2 fully saturated rings. The summed E-state index contributed by atoms with van der Waals surface area (Å²) < 4.78 is 5.70. The summed E-state index contributed by atoms with van der Waals surface area (Å²) in [6, 6.07) is 1.91. The average Bonchev–Trinajstić information content (AvgIpc) is 2.54. The van der Waals surface area contributed by atoms with Crippen molar-refractivity contribution in [3.8, 4) is 0 Å². The van der Waals surface area contributed by atoms with E-state index >= 15 is 0 Å². The van der Waals surface area contributed by atoms with Gasteiger partial charge < -0.3 is 14.5 Å². The lowest BCUT2D eigenvalue weighted by Gasteiger charge is -2.38. The molecule has 7 nitrogen and oxygen atoms in total. The van der Waals surface area contributed by atoms with Crippen molar-refractivity contribution in [2.24, 2.45) is 0 Å². The summed E-state index contributed by atoms with van der Waals surface area (Å²) >= 11 is 0. The molecular weight excluding hydrogens is 306 g/mol. The Bertz CT molecular complexity index is 564. The predicted molar refractivity (Wildman–Crippen MR) is 92.0 cm³/mol. The Balaban J connectivity index is 1.49. The number of amides is 1. The van der Waals surface area contributed by atoms with E-state index in [1.165, 1.54) is 0 Å². The number of carbonyl (C=O) groups is 1. The molecule has 0 saturated carbocycles. The van der Waals surface area contributed by atoms with Gasteiger partial charge >= 0.3 is 0 Å². The Morgan fingerprint density at radius 1 is 1.21 bits per heavy atom. The highest BCUT2D eigenvalue weighted by molar-refractivity contribution is 5.78. The topological polar surface area (TPSA) is 61.8 Å². The van der Waals surface area contributed by atoms with Gasteiger partial charge in [-0.1, -0.05) is 0 Å². The Kier molecular flexibility index (Phi) is 5.30. The molecular formula is C17H27N5O2. The second-order valence-corrected chi connectivity index (χ2v) is 6.82. The van der Waals surface area contributed by atoms with Gasteiger partial charge in [0.15, 0.2) is 0 Å². The average molecular weight is 333 g/mol. The summed E-state index contributed by atoms with van der Waals surface area (Å²) in [6.07, 6.45) is 2.04. The number of rotatable bonds is 3. The second kappa shape index (κ2) is 7.44. The number of carbonyl (C=O) groups excluding carboxylic acids is 1. The minimum absolute atomic E-state index is 0.119. The lowest BCUT2D eigenvalue weighted by Crippen LogP contribution is -2.54. The van der Waals surface area contributed by atoms with Crippen LogP contribution in [0.5, 0.6) is 0 Å². The molecule has 0 aliphatic carbocycles. The van der Waals surface area contributed by atoms with Crippen LogP contribution < -0.4 is 4.90 Å². The summed E-state index contributed by atoms with van der Waals surface area (Å²) in [4.78, 5) is 27.7. The molecule has 2 saturated heterocycles. The van der Waals surface area contributed by atoms with E-state index in [1.54, 1.807) is 6.20 Å². The van der Waals surface area contributed by atoms with Gasteiger partial charge in [-0.05, 0) is 26.8 Å². The van der Waals surface area contributed by atoms with Crippen molar-refractivity contribution in [1.29, 1.82) is 0 Å². The molecule has 0 radical (unpaired) electrons. The molecule has 132 valence electrons. The number of hydrogen-bond acceptors (Lipinski definition) is 6. The van der Waals surface area contributed by atoms with Crippen molar-refractivity contribution in [3.63, 3.8) is 0 Å². The largest absolute Gasteiger partial charge is 0.372 e. The molecule has 1 aromatic heterocycles. The first-order chi connectivity index (χ1) is 11.5. The van der Waals surface area contributed by atoms with Gasteiger partial charge in [-0.2, -0.15) is 0 Å². The summed E-state index contributed by atoms with van der Waals surface area (Å²) in [5.74, 6) is 0.995. The summed E-state index contributed by atoms with van der Waals surface area (Å²) in [6.45, 7) is 11.3. The molecule has 0 spiro atoms. The van der Waals surface area contributed by atoms with Gasteiger partial charge in [0.25, 0.3) is 0 Å². The van der Waals surface area contributed by atoms with Crippen LogP contribution in [0.15, 0.2) is 12.3 Å². The zero-order chi connectivity index (χ0) is 17.1. The van der Waals surface area contributed by atoms with Gasteiger partial charge in [-0.3, -0.25) is 9.69 Å². The maximum Gasteiger partial charge on any atom is 0.236 e. The van der Waals surface area contributed by atoms with E-state index in [2.05, 4.69) is 19.8 Å². The van der Waals surface area contributed by atoms with Crippen molar-refractivity contribution in [1.82, 2.24) is 19.8 Å². The first-order valence-corrected chi connectivity index (χ1v) is 8.71. The Hall–Kier alpha value is -1.73. The number of hydrogen-bond donors (Lipinski definition) is 0. The van der Waals surface area contributed by atoms with Crippen molar-refractivity contribution in [2.75, 3.05) is 50.7 Å². The van der Waals surface area contributed by atoms with Gasteiger partial charge in [-0.15, -0.1) is 0 Å². The first-order valence-electron chi connectivity index (χ1n) is 8.71. The molecule has 1 aromatic rings. The maximum atomic E-state index is 12.5. The van der Waals surface area contributed by atoms with Gasteiger partial charge in [0, 0.05) is 51.2 Å². The number of nitrogens with zero attached hydrogens (tertiary/aromatic N) is 5. The molecule has 0 aromatic carbocycles. The minimum Gasteiger partial charge on any atom is -0.372 e. The number of morpholine rings is 1. The van der Waals surface area contributed by atoms with Crippen LogP contribution in [0, 0.1) is 6.92 Å². The molecule has 2 unspecified atom stereocenters. The van der Waals surface area contributed by atoms with Crippen LogP contribution in [-0.2, 0) is 9.53 Å². The Labute approximate surface area is 143 Å². The molecule has 3 rings (SSSR count). The third-order valence-electron chi connectivity index (χ3n) is 4.57. The van der Waals surface area contributed by atoms with Crippen molar-refractivity contribution in [3.05, 3.63) is 18.0 Å². The molecule has 0 N–H and O–H groups in total. The van der Waals surface area contributed by atoms with E-state index in [9.17, 15) is 4.79 Å². The van der Waals surface area contributed by atoms with Crippen LogP contribution in [0.3, 0.4) is 0 Å². The molecule has 24 heavy (non-hydrogen) atoms. The summed E-state index contributed by atoms with van der Waals surface area (Å²) in [5.41, 5.74) is 0.980. The lowest BCUT2D eigenvalue weighted by atomic mass is 10.2. The third-order valence-corrected chi connectivity index (χ3v) is 4.57. The Morgan fingerprint density at radius 2 is 1.88 bits per heavy atom. The number of piperazine rings is 1. The highest BCUT2D eigenvalue weighted by Crippen LogP contribution is 2.13. The fraction of sp³-hybridized carbons (Fsp3) is 0.706. The molecule has 2 aliphatic rings. The van der Waals surface area contributed by atoms with E-state index in [4.69, 9.17) is 4.74 Å². The second-order valence-electron chi connectivity index (χ2n) is 6.82. The van der Waals surface area contributed by atoms with Crippen LogP contribution >= 0.6 is 0 Å². The number of ether oxygens (including phenoxy) is 1. The SMILES string of the molecule is Cc1ccnc(N2CCN(CC(=O)N3CC(C)OC(C)C3)CC2)n1. The fourth-order valence-corrected chi connectivity index (χ4v) is 3.37. The number of anilines is 1. The standard InChI is InChI=1S/C17H27N5O2/c1-13-4-5-18-17(19-13)21-8-6-20(7-9-21)12-16(23)22-10-14(2)24-15(3)11-22/h4-5,14-15H,6-12H2,1-3H3. The van der Waals surface area contributed by atoms with Crippen molar-refractivity contribution < 1.29 is 9.53 Å². The molecule has 0 bridgehead atoms. The lowest BCUT2D eigenvalue weighted by molar-refractivity contribution is -0.144. The smallest absolute Gasteiger partial charge is 0.236 e. The quantitative estimate of drug-likeness (QED) is 0.805. The zero-order valence-electron chi connectivity index (χ0n) is 14.8. The Morgan fingerprint density at radius 3 is 2.50 bits per heavy atom.